The van der Waals surface area contributed by atoms with Gasteiger partial charge in [-0.2, -0.15) is 0 Å². The molecule has 1 aromatic rings. The Bertz CT molecular complexity index is 4920. The molecule has 1 saturated heterocycles. The molecule has 0 saturated carbocycles. The van der Waals surface area contributed by atoms with E-state index in [1.165, 1.54) is 39.6 Å². The molecular formula is C100H142N12O24. The van der Waals surface area contributed by atoms with Crippen molar-refractivity contribution < 1.29 is 114 Å². The molecule has 36 heteroatoms. The Morgan fingerprint density at radius 1 is 0.456 bits per heavy atom. The van der Waals surface area contributed by atoms with E-state index >= 15 is 0 Å². The van der Waals surface area contributed by atoms with Gasteiger partial charge in [0.25, 0.3) is 17.7 Å². The molecule has 18 atom stereocenters. The zero-order valence-corrected chi connectivity index (χ0v) is 82.3. The highest BCUT2D eigenvalue weighted by atomic mass is 16.6. The summed E-state index contributed by atoms with van der Waals surface area (Å²) in [6, 6.07) is 0. The standard InChI is InChI=1S/C34H47N5O8.C34H50N4O8.C32H45N3O8/c1-19-13-24-29(37-12-11-23-17-36-18-38-23)26(40)16-25(30(24)41)39-33(42)20(2)9-8-10-27(44-5)32(47-34(35)43)22(4)15-21(3)31(46-7)28(14-19)45-6;1-20-16-24-29(36-12-15-38-13-9-14-38)26(39)19-25(30(24)40)37-33(41)21(2)10-8-11-27(43-5)32(46-34(35)42)23(4)18-22(3)31(45-7)28(17-20)44-6;1-9-13-34-27-22-14-18(2)15-26(41-7)29(42-8)20(4)16-21(5)30(43-32(33)39)25(40-6)12-10-11-19(3)31(38)35-23(28(22)37)17-24(27)36/h8-10,15-19,21,27-28,31-32,37H,11-14H2,1-7H3,(H2,35,43)(H,36,38)(H,39,42);8,10-11,18-20,22,27-28,31-32,36H,9,12-17H2,1-7H3,(H2,35,42)(H,37,41);9-12,16-18,20,25-26,29-30,34H,1,13-15H2,2-8H3,(H2,33,39)(H,35,38)/b10-8-,20-9+,22-15+;11-8-,21-10+,23-18+;12-10-,19-11+,21-16+/t19-,21+,27+,28+,31-,32+;20-,22+,27+,28+,31-,32+;18-,20+,25+,26+,29-,30+/m111/s1. The molecule has 36 nitrogen and oxygen atoms in total. The number of hydrogen-bond donors (Lipinski definition) is 10. The Hall–Kier alpha value is -11.7. The quantitative estimate of drug-likeness (QED) is 0.0277. The van der Waals surface area contributed by atoms with E-state index in [9.17, 15) is 57.5 Å². The summed E-state index contributed by atoms with van der Waals surface area (Å²) < 4.78 is 68.6. The number of likely N-dealkylation sites (tertiary alicyclic amines) is 1. The Labute approximate surface area is 798 Å². The van der Waals surface area contributed by atoms with Gasteiger partial charge in [0.2, 0.25) is 34.7 Å². The Balaban J connectivity index is 0.000000314. The molecule has 6 amide bonds. The number of primary amides is 3. The van der Waals surface area contributed by atoms with Crippen molar-refractivity contribution in [1.29, 1.82) is 0 Å². The van der Waals surface area contributed by atoms with Gasteiger partial charge in [0.1, 0.15) is 18.3 Å². The Kier molecular flexibility index (Phi) is 46.6. The molecule has 136 heavy (non-hydrogen) atoms. The van der Waals surface area contributed by atoms with Gasteiger partial charge in [0.15, 0.2) is 18.3 Å². The fourth-order valence-corrected chi connectivity index (χ4v) is 17.3. The molecule has 0 spiro atoms. The number of carbonyl (C=O) groups excluding carboxylic acids is 12. The molecule has 8 rings (SSSR count). The maximum absolute atomic E-state index is 13.9. The number of rotatable bonds is 23. The summed E-state index contributed by atoms with van der Waals surface area (Å²) in [6.45, 7) is 29.6. The minimum Gasteiger partial charge on any atom is -0.439 e. The molecule has 5 heterocycles. The number of hydrogen-bond acceptors (Lipinski definition) is 29. The number of nitrogens with one attached hydrogen (secondary N) is 7. The number of ether oxygens (including phenoxy) is 12. The second-order valence-electron chi connectivity index (χ2n) is 35.0. The average Bonchev–Trinajstić information content (AvgIpc) is 1.32. The SMILES string of the molecule is C=CCNC1=C2C[C@@H](C)C[C@H](OC)[C@H](OC)[C@@H](C)/C=C(\C)[C@H](OC(N)=O)[C@@H](OC)/C=C\C=C(/C)C(=O)NC(=CC1=O)C2=O.CO[C@H]1[C@@H](OC)C[C@H](C)CC2=C(NCCN3CCC3)C(=O)C=C(NC(=O)/C(C)=C/C=C\[C@H](OC)[C@@H](OC(N)=O)/C(C)=C/[C@@H]1C)C2=O.CO[C@H]1[C@@H](OC)C[C@H](C)CC2=C(NCCc3cnc[nH]3)C(=O)C=C(NC(=O)/C(C)=C/C=C\[C@H](OC)[C@@H](OC(N)=O)/C(C)=C/[C@@H]1C)C2=O. The largest absolute Gasteiger partial charge is 0.439 e. The third kappa shape index (κ3) is 33.1. The second kappa shape index (κ2) is 56.1. The number of H-pyrrole nitrogens is 1. The number of imidazole rings is 1. The molecule has 1 aromatic heterocycles. The van der Waals surface area contributed by atoms with Crippen LogP contribution in [0.4, 0.5) is 14.4 Å². The van der Waals surface area contributed by atoms with Crippen molar-refractivity contribution in [3.63, 3.8) is 0 Å². The first-order valence-corrected chi connectivity index (χ1v) is 45.5. The van der Waals surface area contributed by atoms with E-state index in [-0.39, 0.29) is 135 Å². The van der Waals surface area contributed by atoms with Crippen LogP contribution < -0.4 is 49.1 Å². The van der Waals surface area contributed by atoms with E-state index in [0.717, 1.165) is 43.9 Å². The van der Waals surface area contributed by atoms with Gasteiger partial charge in [-0.15, -0.1) is 6.58 Å². The lowest BCUT2D eigenvalue weighted by atomic mass is 9.85. The third-order valence-electron chi connectivity index (χ3n) is 24.4. The lowest BCUT2D eigenvalue weighted by Gasteiger charge is -2.32. The predicted molar refractivity (Wildman–Crippen MR) is 511 cm³/mol. The van der Waals surface area contributed by atoms with Gasteiger partial charge in [-0.05, 0) is 134 Å². The van der Waals surface area contributed by atoms with Crippen LogP contribution in [0.3, 0.4) is 0 Å². The highest BCUT2D eigenvalue weighted by molar-refractivity contribution is 6.25. The van der Waals surface area contributed by atoms with Crippen LogP contribution in [0.2, 0.25) is 0 Å². The lowest BCUT2D eigenvalue weighted by molar-refractivity contribution is -0.120. The number of aromatic amines is 1. The average molecular weight is 1900 g/mol. The van der Waals surface area contributed by atoms with Gasteiger partial charge >= 0.3 is 18.3 Å². The van der Waals surface area contributed by atoms with Crippen LogP contribution in [-0.2, 0) is 106 Å². The summed E-state index contributed by atoms with van der Waals surface area (Å²) in [5.41, 5.74) is 21.2. The summed E-state index contributed by atoms with van der Waals surface area (Å²) in [6.07, 6.45) is 22.2. The molecule has 0 aromatic carbocycles. The topological polar surface area (TPSA) is 498 Å². The third-order valence-corrected chi connectivity index (χ3v) is 24.4. The zero-order chi connectivity index (χ0) is 101. The first-order valence-electron chi connectivity index (χ1n) is 45.5. The van der Waals surface area contributed by atoms with E-state index in [0.29, 0.717) is 61.1 Å². The van der Waals surface area contributed by atoms with Gasteiger partial charge in [0.05, 0.1) is 77.1 Å². The van der Waals surface area contributed by atoms with Crippen molar-refractivity contribution in [2.75, 3.05) is 103 Å². The number of carbonyl (C=O) groups is 12. The zero-order valence-electron chi connectivity index (χ0n) is 82.3. The number of nitrogens with two attached hydrogens (primary N) is 3. The number of amides is 6. The molecule has 13 N–H and O–H groups in total. The van der Waals surface area contributed by atoms with Crippen molar-refractivity contribution in [3.8, 4) is 0 Å². The molecule has 746 valence electrons. The lowest BCUT2D eigenvalue weighted by Crippen LogP contribution is -2.43. The van der Waals surface area contributed by atoms with Crippen LogP contribution in [0.15, 0.2) is 201 Å². The number of methoxy groups -OCH3 is 9. The number of ketones is 6. The molecule has 0 radical (unpaired) electrons. The number of aromatic nitrogens is 2. The van der Waals surface area contributed by atoms with Crippen LogP contribution in [0, 0.1) is 35.5 Å². The Morgan fingerprint density at radius 3 is 1.04 bits per heavy atom. The van der Waals surface area contributed by atoms with E-state index < -0.39 is 132 Å². The summed E-state index contributed by atoms with van der Waals surface area (Å²) >= 11 is 0. The number of nitrogens with zero attached hydrogens (tertiary/aromatic N) is 2. The molecule has 4 aliphatic heterocycles. The van der Waals surface area contributed by atoms with Crippen LogP contribution in [-0.4, -0.2) is 262 Å². The van der Waals surface area contributed by atoms with Crippen molar-refractivity contribution in [2.24, 2.45) is 52.7 Å². The summed E-state index contributed by atoms with van der Waals surface area (Å²) in [7, 11) is 14.0. The normalized spacial score (nSPS) is 30.9. The van der Waals surface area contributed by atoms with Crippen LogP contribution in [0.25, 0.3) is 0 Å². The van der Waals surface area contributed by atoms with Crippen LogP contribution in [0.5, 0.6) is 0 Å². The van der Waals surface area contributed by atoms with Crippen molar-refractivity contribution in [3.05, 3.63) is 206 Å². The monoisotopic (exact) mass is 1900 g/mol. The van der Waals surface area contributed by atoms with Crippen LogP contribution in [0.1, 0.15) is 134 Å². The molecule has 6 bridgehead atoms. The molecule has 3 aliphatic carbocycles. The predicted octanol–water partition coefficient (Wildman–Crippen LogP) is 8.87. The van der Waals surface area contributed by atoms with E-state index in [1.807, 2.05) is 73.6 Å². The van der Waals surface area contributed by atoms with Crippen molar-refractivity contribution >= 4 is 70.7 Å². The second-order valence-corrected chi connectivity index (χ2v) is 35.0. The maximum Gasteiger partial charge on any atom is 0.405 e. The van der Waals surface area contributed by atoms with Crippen LogP contribution >= 0.6 is 0 Å². The van der Waals surface area contributed by atoms with Gasteiger partial charge in [-0.3, -0.25) is 43.2 Å². The number of Topliss-reactive ketones (excluding diaryl/α,β-unsaturated/α-hetero) is 3. The summed E-state index contributed by atoms with van der Waals surface area (Å²) in [5.74, 6) is -5.11. The maximum atomic E-state index is 13.9. The molecule has 7 aliphatic rings. The van der Waals surface area contributed by atoms with Crippen molar-refractivity contribution in [2.45, 2.75) is 208 Å². The van der Waals surface area contributed by atoms with E-state index in [2.05, 4.69) is 53.3 Å². The summed E-state index contributed by atoms with van der Waals surface area (Å²) in [5, 5.41) is 17.2. The fourth-order valence-electron chi connectivity index (χ4n) is 17.3. The van der Waals surface area contributed by atoms with Gasteiger partial charge in [-0.1, -0.05) is 121 Å². The van der Waals surface area contributed by atoms with Gasteiger partial charge in [0, 0.05) is 178 Å². The smallest absolute Gasteiger partial charge is 0.405 e. The van der Waals surface area contributed by atoms with Gasteiger partial charge in [-0.25, -0.2) is 19.4 Å². The molecule has 0 unspecified atom stereocenters. The fraction of sp³-hybridized carbons (Fsp3) is 0.530. The molecule has 1 fully saturated rings. The first-order chi connectivity index (χ1) is 64.7. The van der Waals surface area contributed by atoms with Crippen molar-refractivity contribution in [1.82, 2.24) is 46.8 Å². The highest BCUT2D eigenvalue weighted by Crippen LogP contribution is 2.35. The first kappa shape index (κ1) is 113. The number of fused-ring (bicyclic) bond motifs is 6. The molecular weight excluding hydrogens is 1750 g/mol. The van der Waals surface area contributed by atoms with E-state index in [4.69, 9.17) is 74.0 Å². The Morgan fingerprint density at radius 2 is 0.772 bits per heavy atom. The minimum absolute atomic E-state index is 0.0728. The minimum atomic E-state index is -0.967. The van der Waals surface area contributed by atoms with Gasteiger partial charge < -0.3 is 116 Å². The highest BCUT2D eigenvalue weighted by Gasteiger charge is 2.40. The summed E-state index contributed by atoms with van der Waals surface area (Å²) in [4.78, 5) is 165. The van der Waals surface area contributed by atoms with E-state index in [1.54, 1.807) is 131 Å². The number of allylic oxidation sites excluding steroid dienone is 12.